The predicted molar refractivity (Wildman–Crippen MR) is 30.9 cm³/mol. The summed E-state index contributed by atoms with van der Waals surface area (Å²) < 4.78 is 0. The van der Waals surface area contributed by atoms with Gasteiger partial charge in [0.2, 0.25) is 0 Å². The van der Waals surface area contributed by atoms with Gasteiger partial charge in [-0.15, -0.1) is 0 Å². The van der Waals surface area contributed by atoms with Gasteiger partial charge in [0, 0.05) is 0 Å². The van der Waals surface area contributed by atoms with Crippen molar-refractivity contribution in [1.29, 1.82) is 0 Å². The Labute approximate surface area is 70.5 Å². The second-order valence-corrected chi connectivity index (χ2v) is 2.91. The Morgan fingerprint density at radius 3 is 1.43 bits per heavy atom. The van der Waals surface area contributed by atoms with Crippen molar-refractivity contribution >= 4 is 0 Å². The molecule has 0 rings (SSSR count). The Bertz CT molecular complexity index is 38.3. The van der Waals surface area contributed by atoms with Crippen LogP contribution >= 0.6 is 0 Å². The smallest absolute Gasteiger partial charge is 1.00 e. The maximum atomic E-state index is 2.24. The topological polar surface area (TPSA) is 0 Å². The first-order chi connectivity index (χ1) is 2.56. The molecule has 1 heteroatoms. The summed E-state index contributed by atoms with van der Waals surface area (Å²) in [5, 5.41) is 0. The van der Waals surface area contributed by atoms with Crippen LogP contribution in [0, 0.1) is 5.41 Å². The van der Waals surface area contributed by atoms with Crippen LogP contribution in [-0.4, -0.2) is 0 Å². The van der Waals surface area contributed by atoms with Gasteiger partial charge in [0.25, 0.3) is 0 Å². The summed E-state index contributed by atoms with van der Waals surface area (Å²) >= 11 is 0. The molecule has 0 aliphatic heterocycles. The van der Waals surface area contributed by atoms with Gasteiger partial charge in [0.1, 0.15) is 0 Å². The molecule has 0 spiro atoms. The van der Waals surface area contributed by atoms with Crippen LogP contribution in [0.5, 0.6) is 0 Å². The van der Waals surface area contributed by atoms with E-state index in [0.29, 0.717) is 5.41 Å². The Balaban J connectivity index is -0.000000125. The zero-order chi connectivity index (χ0) is 5.21. The molecular weight excluding hydrogens is 95.1 g/mol. The van der Waals surface area contributed by atoms with Crippen LogP contribution in [0.2, 0.25) is 0 Å². The number of hydrogen-bond acceptors (Lipinski definition) is 0. The zero-order valence-corrected chi connectivity index (χ0v) is 8.21. The maximum Gasteiger partial charge on any atom is 1.00 e. The van der Waals surface area contributed by atoms with Crippen molar-refractivity contribution in [3.63, 3.8) is 0 Å². The van der Waals surface area contributed by atoms with Gasteiger partial charge >= 0.3 is 29.6 Å². The van der Waals surface area contributed by atoms with Gasteiger partial charge in [0.15, 0.2) is 0 Å². The van der Waals surface area contributed by atoms with E-state index in [9.17, 15) is 0 Å². The first-order valence-electron chi connectivity index (χ1n) is 2.56. The van der Waals surface area contributed by atoms with E-state index < -0.39 is 0 Å². The molecule has 0 unspecified atom stereocenters. The Morgan fingerprint density at radius 1 is 1.29 bits per heavy atom. The molecule has 0 radical (unpaired) electrons. The van der Waals surface area contributed by atoms with Gasteiger partial charge in [-0.2, -0.15) is 0 Å². The number of hydrogen-bond donors (Lipinski definition) is 0. The molecule has 0 amide bonds. The summed E-state index contributed by atoms with van der Waals surface area (Å²) in [6.45, 7) is 8.94. The minimum absolute atomic E-state index is 0. The molecule has 40 valence electrons. The third kappa shape index (κ3) is 10.9. The van der Waals surface area contributed by atoms with Crippen molar-refractivity contribution in [3.8, 4) is 0 Å². The van der Waals surface area contributed by atoms with Crippen molar-refractivity contribution in [2.75, 3.05) is 0 Å². The van der Waals surface area contributed by atoms with E-state index in [2.05, 4.69) is 27.7 Å². The summed E-state index contributed by atoms with van der Waals surface area (Å²) in [7, 11) is 0. The second-order valence-electron chi connectivity index (χ2n) is 2.91. The van der Waals surface area contributed by atoms with E-state index in [1.807, 2.05) is 0 Å². The van der Waals surface area contributed by atoms with Crippen molar-refractivity contribution in [1.82, 2.24) is 0 Å². The molecule has 0 heterocycles. The summed E-state index contributed by atoms with van der Waals surface area (Å²) in [5.74, 6) is 0. The van der Waals surface area contributed by atoms with Crippen LogP contribution in [-0.2, 0) is 0 Å². The fourth-order valence-electron chi connectivity index (χ4n) is 0. The molecule has 7 heavy (non-hydrogen) atoms. The molecule has 0 aliphatic rings. The molecule has 0 N–H and O–H groups in total. The van der Waals surface area contributed by atoms with Crippen LogP contribution in [0.25, 0.3) is 0 Å². The molecule has 0 aliphatic carbocycles. The van der Waals surface area contributed by atoms with E-state index in [1.54, 1.807) is 0 Å². The number of rotatable bonds is 0. The maximum absolute atomic E-state index is 2.24. The van der Waals surface area contributed by atoms with Crippen molar-refractivity contribution in [3.05, 3.63) is 0 Å². The third-order valence-electron chi connectivity index (χ3n) is 1.06. The second kappa shape index (κ2) is 3.94. The van der Waals surface area contributed by atoms with Crippen LogP contribution in [0.1, 0.15) is 35.5 Å². The Hall–Kier alpha value is 1.00. The fraction of sp³-hybridized carbons (Fsp3) is 1.00. The standard InChI is InChI=1S/C6H14.Na.H/c1-5-6(2,3)4;;/h5H2,1-4H3;;/q;+1;-1. The van der Waals surface area contributed by atoms with Gasteiger partial charge in [0.05, 0.1) is 0 Å². The quantitative estimate of drug-likeness (QED) is 0.371. The minimum atomic E-state index is 0. The van der Waals surface area contributed by atoms with E-state index in [-0.39, 0.29) is 31.0 Å². The van der Waals surface area contributed by atoms with Gasteiger partial charge in [-0.05, 0) is 5.41 Å². The van der Waals surface area contributed by atoms with E-state index in [4.69, 9.17) is 0 Å². The van der Waals surface area contributed by atoms with Crippen LogP contribution in [0.3, 0.4) is 0 Å². The largest absolute Gasteiger partial charge is 1.00 e. The first-order valence-corrected chi connectivity index (χ1v) is 2.56. The molecule has 0 aromatic heterocycles. The SMILES string of the molecule is CCC(C)(C)C.[H-].[Na+]. The van der Waals surface area contributed by atoms with E-state index in [0.717, 1.165) is 0 Å². The molecular formula is C6H15Na. The third-order valence-corrected chi connectivity index (χ3v) is 1.06. The molecule has 0 aromatic rings. The summed E-state index contributed by atoms with van der Waals surface area (Å²) in [5.41, 5.74) is 0.542. The monoisotopic (exact) mass is 110 g/mol. The summed E-state index contributed by atoms with van der Waals surface area (Å²) in [6.07, 6.45) is 1.27. The predicted octanol–water partition coefficient (Wildman–Crippen LogP) is -0.441. The molecule has 0 fully saturated rings. The molecule has 0 aromatic carbocycles. The van der Waals surface area contributed by atoms with Crippen LogP contribution in [0.4, 0.5) is 0 Å². The van der Waals surface area contributed by atoms with Crippen molar-refractivity contribution < 1.29 is 31.0 Å². The van der Waals surface area contributed by atoms with E-state index in [1.165, 1.54) is 6.42 Å². The van der Waals surface area contributed by atoms with Gasteiger partial charge in [-0.25, -0.2) is 0 Å². The van der Waals surface area contributed by atoms with Crippen LogP contribution in [0.15, 0.2) is 0 Å². The summed E-state index contributed by atoms with van der Waals surface area (Å²) in [6, 6.07) is 0. The van der Waals surface area contributed by atoms with Crippen molar-refractivity contribution in [2.45, 2.75) is 34.1 Å². The van der Waals surface area contributed by atoms with Gasteiger partial charge in [-0.1, -0.05) is 34.1 Å². The normalized spacial score (nSPS) is 10.3. The summed E-state index contributed by atoms with van der Waals surface area (Å²) in [4.78, 5) is 0. The fourth-order valence-corrected chi connectivity index (χ4v) is 0. The van der Waals surface area contributed by atoms with Gasteiger partial charge in [-0.3, -0.25) is 0 Å². The Kier molecular flexibility index (Phi) is 6.12. The average Bonchev–Trinajstić information content (AvgIpc) is 1.35. The molecule has 0 bridgehead atoms. The molecule has 0 saturated carbocycles. The Morgan fingerprint density at radius 2 is 1.43 bits per heavy atom. The molecule has 0 nitrogen and oxygen atoms in total. The first kappa shape index (κ1) is 10.9. The average molecular weight is 110 g/mol. The van der Waals surface area contributed by atoms with E-state index >= 15 is 0 Å². The van der Waals surface area contributed by atoms with Gasteiger partial charge < -0.3 is 1.43 Å². The van der Waals surface area contributed by atoms with Crippen molar-refractivity contribution in [2.24, 2.45) is 5.41 Å². The molecule has 0 atom stereocenters. The van der Waals surface area contributed by atoms with Crippen LogP contribution < -0.4 is 29.6 Å². The molecule has 0 saturated heterocycles. The minimum Gasteiger partial charge on any atom is -1.00 e. The zero-order valence-electron chi connectivity index (χ0n) is 7.21.